The number of nitrogens with one attached hydrogen (secondary N) is 2. The fourth-order valence-electron chi connectivity index (χ4n) is 3.66. The monoisotopic (exact) mass is 536 g/mol. The van der Waals surface area contributed by atoms with E-state index < -0.39 is 0 Å². The van der Waals surface area contributed by atoms with Crippen LogP contribution in [0.5, 0.6) is 0 Å². The molecule has 0 unspecified atom stereocenters. The smallest absolute Gasteiger partial charge is 0.191 e. The Hall–Kier alpha value is -0.880. The van der Waals surface area contributed by atoms with Crippen molar-refractivity contribution < 1.29 is 18.6 Å². The molecule has 3 rings (SSSR count). The molecule has 2 saturated heterocycles. The van der Waals surface area contributed by atoms with Crippen LogP contribution < -0.4 is 10.6 Å². The minimum Gasteiger partial charge on any atom is -0.469 e. The van der Waals surface area contributed by atoms with Crippen molar-refractivity contribution in [3.05, 3.63) is 24.2 Å². The Kier molecular flexibility index (Phi) is 12.0. The Bertz CT molecular complexity index is 588. The summed E-state index contributed by atoms with van der Waals surface area (Å²) in [6, 6.07) is 3.91. The SMILES string of the molecule is COC1(CN=C(NCCCN2CCOCC2)NCCc2ccco2)CCOCC1.I. The molecule has 2 aliphatic heterocycles. The highest BCUT2D eigenvalue weighted by Gasteiger charge is 2.32. The van der Waals surface area contributed by atoms with Gasteiger partial charge in [0.05, 0.1) is 31.6 Å². The van der Waals surface area contributed by atoms with Gasteiger partial charge in [0.1, 0.15) is 5.76 Å². The van der Waals surface area contributed by atoms with E-state index in [1.165, 1.54) is 0 Å². The Morgan fingerprint density at radius 2 is 1.87 bits per heavy atom. The summed E-state index contributed by atoms with van der Waals surface area (Å²) in [6.07, 6.45) is 5.36. The van der Waals surface area contributed by atoms with E-state index in [-0.39, 0.29) is 29.6 Å². The lowest BCUT2D eigenvalue weighted by atomic mass is 9.94. The third-order valence-corrected chi connectivity index (χ3v) is 5.65. The molecule has 0 atom stereocenters. The predicted molar refractivity (Wildman–Crippen MR) is 128 cm³/mol. The summed E-state index contributed by atoms with van der Waals surface area (Å²) >= 11 is 0. The third kappa shape index (κ3) is 8.70. The molecule has 2 aliphatic rings. The first-order valence-electron chi connectivity index (χ1n) is 10.8. The summed E-state index contributed by atoms with van der Waals surface area (Å²) in [7, 11) is 1.78. The second-order valence-corrected chi connectivity index (χ2v) is 7.65. The molecule has 1 aromatic rings. The molecular formula is C21H37IN4O4. The Morgan fingerprint density at radius 1 is 1.13 bits per heavy atom. The number of furan rings is 1. The van der Waals surface area contributed by atoms with Crippen molar-refractivity contribution in [1.82, 2.24) is 15.5 Å². The lowest BCUT2D eigenvalue weighted by Gasteiger charge is -2.34. The van der Waals surface area contributed by atoms with E-state index in [4.69, 9.17) is 23.6 Å². The molecule has 9 heteroatoms. The summed E-state index contributed by atoms with van der Waals surface area (Å²) in [5.74, 6) is 1.81. The van der Waals surface area contributed by atoms with E-state index in [1.807, 2.05) is 12.1 Å². The number of morpholine rings is 1. The first-order valence-corrected chi connectivity index (χ1v) is 10.8. The van der Waals surface area contributed by atoms with Crippen LogP contribution in [0.4, 0.5) is 0 Å². The van der Waals surface area contributed by atoms with E-state index in [0.717, 1.165) is 96.6 Å². The van der Waals surface area contributed by atoms with Crippen LogP contribution in [-0.2, 0) is 20.6 Å². The van der Waals surface area contributed by atoms with Crippen molar-refractivity contribution in [2.75, 3.05) is 72.8 Å². The van der Waals surface area contributed by atoms with Crippen molar-refractivity contribution in [3.8, 4) is 0 Å². The van der Waals surface area contributed by atoms with E-state index >= 15 is 0 Å². The van der Waals surface area contributed by atoms with Crippen molar-refractivity contribution in [2.45, 2.75) is 31.3 Å². The number of hydrogen-bond acceptors (Lipinski definition) is 6. The zero-order chi connectivity index (χ0) is 20.2. The molecule has 0 amide bonds. The maximum absolute atomic E-state index is 5.82. The van der Waals surface area contributed by atoms with E-state index in [9.17, 15) is 0 Å². The number of rotatable bonds is 10. The molecule has 0 saturated carbocycles. The minimum absolute atomic E-state index is 0. The Balaban J connectivity index is 0.00000320. The number of ether oxygens (including phenoxy) is 3. The van der Waals surface area contributed by atoms with Crippen LogP contribution in [0, 0.1) is 0 Å². The molecule has 0 spiro atoms. The van der Waals surface area contributed by atoms with Gasteiger partial charge in [0.15, 0.2) is 5.96 Å². The number of aliphatic imine (C=N–C) groups is 1. The van der Waals surface area contributed by atoms with Gasteiger partial charge in [-0.1, -0.05) is 0 Å². The second kappa shape index (κ2) is 14.2. The van der Waals surface area contributed by atoms with Crippen LogP contribution in [0.3, 0.4) is 0 Å². The first-order chi connectivity index (χ1) is 14.3. The zero-order valence-electron chi connectivity index (χ0n) is 18.1. The van der Waals surface area contributed by atoms with Gasteiger partial charge in [-0.05, 0) is 25.1 Å². The summed E-state index contributed by atoms with van der Waals surface area (Å²) in [4.78, 5) is 7.30. The Labute approximate surface area is 197 Å². The van der Waals surface area contributed by atoms with E-state index in [0.29, 0.717) is 6.54 Å². The van der Waals surface area contributed by atoms with Gasteiger partial charge in [0, 0.05) is 65.8 Å². The van der Waals surface area contributed by atoms with Crippen LogP contribution in [0.25, 0.3) is 0 Å². The molecule has 0 aliphatic carbocycles. The van der Waals surface area contributed by atoms with E-state index in [2.05, 4.69) is 15.5 Å². The van der Waals surface area contributed by atoms with Crippen LogP contribution in [0.1, 0.15) is 25.0 Å². The summed E-state index contributed by atoms with van der Waals surface area (Å²) in [5, 5.41) is 6.92. The van der Waals surface area contributed by atoms with Crippen molar-refractivity contribution in [1.29, 1.82) is 0 Å². The third-order valence-electron chi connectivity index (χ3n) is 5.65. The molecular weight excluding hydrogens is 499 g/mol. The minimum atomic E-state index is -0.221. The average Bonchev–Trinajstić information content (AvgIpc) is 3.29. The van der Waals surface area contributed by atoms with Gasteiger partial charge in [-0.25, -0.2) is 0 Å². The molecule has 0 bridgehead atoms. The normalized spacial score (nSPS) is 19.8. The molecule has 30 heavy (non-hydrogen) atoms. The van der Waals surface area contributed by atoms with Crippen molar-refractivity contribution >= 4 is 29.9 Å². The molecule has 2 N–H and O–H groups in total. The number of nitrogens with zero attached hydrogens (tertiary/aromatic N) is 2. The van der Waals surface area contributed by atoms with Gasteiger partial charge in [0.25, 0.3) is 0 Å². The molecule has 2 fully saturated rings. The fraction of sp³-hybridized carbons (Fsp3) is 0.762. The van der Waals surface area contributed by atoms with Gasteiger partial charge in [-0.3, -0.25) is 9.89 Å². The Morgan fingerprint density at radius 3 is 2.57 bits per heavy atom. The van der Waals surface area contributed by atoms with E-state index in [1.54, 1.807) is 13.4 Å². The molecule has 8 nitrogen and oxygen atoms in total. The zero-order valence-corrected chi connectivity index (χ0v) is 20.4. The highest BCUT2D eigenvalue weighted by atomic mass is 127. The molecule has 3 heterocycles. The summed E-state index contributed by atoms with van der Waals surface area (Å²) < 4.78 is 22.1. The van der Waals surface area contributed by atoms with Gasteiger partial charge < -0.3 is 29.3 Å². The fourth-order valence-corrected chi connectivity index (χ4v) is 3.66. The number of methoxy groups -OCH3 is 1. The molecule has 0 aromatic carbocycles. The average molecular weight is 536 g/mol. The quantitative estimate of drug-likeness (QED) is 0.205. The maximum atomic E-state index is 5.82. The van der Waals surface area contributed by atoms with Gasteiger partial charge in [0.2, 0.25) is 0 Å². The van der Waals surface area contributed by atoms with Crippen LogP contribution >= 0.6 is 24.0 Å². The predicted octanol–water partition coefficient (Wildman–Crippen LogP) is 1.89. The highest BCUT2D eigenvalue weighted by Crippen LogP contribution is 2.24. The number of halogens is 1. The van der Waals surface area contributed by atoms with Gasteiger partial charge >= 0.3 is 0 Å². The lowest BCUT2D eigenvalue weighted by molar-refractivity contribution is -0.0828. The topological polar surface area (TPSA) is 80.5 Å². The largest absolute Gasteiger partial charge is 0.469 e. The summed E-state index contributed by atoms with van der Waals surface area (Å²) in [5.41, 5.74) is -0.221. The van der Waals surface area contributed by atoms with Crippen molar-refractivity contribution in [3.63, 3.8) is 0 Å². The van der Waals surface area contributed by atoms with Crippen LogP contribution in [-0.4, -0.2) is 89.3 Å². The molecule has 0 radical (unpaired) electrons. The maximum Gasteiger partial charge on any atom is 0.191 e. The first kappa shape index (κ1) is 25.4. The lowest BCUT2D eigenvalue weighted by Crippen LogP contribution is -2.44. The van der Waals surface area contributed by atoms with Gasteiger partial charge in [-0.15, -0.1) is 24.0 Å². The number of hydrogen-bond donors (Lipinski definition) is 2. The number of guanidine groups is 1. The standard InChI is InChI=1S/C21H36N4O4.HI/c1-26-21(6-14-27-15-7-21)18-24-20(23-9-5-19-4-2-13-29-19)22-8-3-10-25-11-16-28-17-12-25;/h2,4,13H,3,5-12,14-18H2,1H3,(H2,22,23,24);1H. The second-order valence-electron chi connectivity index (χ2n) is 7.65. The van der Waals surface area contributed by atoms with Crippen LogP contribution in [0.2, 0.25) is 0 Å². The van der Waals surface area contributed by atoms with Gasteiger partial charge in [-0.2, -0.15) is 0 Å². The molecule has 172 valence electrons. The molecule has 1 aromatic heterocycles. The highest BCUT2D eigenvalue weighted by molar-refractivity contribution is 14.0. The van der Waals surface area contributed by atoms with Crippen LogP contribution in [0.15, 0.2) is 27.8 Å². The van der Waals surface area contributed by atoms with Crippen molar-refractivity contribution in [2.24, 2.45) is 4.99 Å². The summed E-state index contributed by atoms with van der Waals surface area (Å²) in [6.45, 7) is 8.58.